The molecule has 0 atom stereocenters. The maximum atomic E-state index is 14.5. The van der Waals surface area contributed by atoms with Gasteiger partial charge in [-0.15, -0.1) is 0 Å². The van der Waals surface area contributed by atoms with Crippen LogP contribution in [0.3, 0.4) is 0 Å². The lowest BCUT2D eigenvalue weighted by Crippen LogP contribution is -2.10. The Hall–Kier alpha value is -3.68. The maximum Gasteiger partial charge on any atom is 0.239 e. The number of imidazole rings is 1. The summed E-state index contributed by atoms with van der Waals surface area (Å²) in [4.78, 5) is 12.9. The highest BCUT2D eigenvalue weighted by atomic mass is 19.1. The number of benzene rings is 2. The highest BCUT2D eigenvalue weighted by Gasteiger charge is 2.17. The Bertz CT molecular complexity index is 1140. The molecule has 7 nitrogen and oxygen atoms in total. The van der Waals surface area contributed by atoms with Gasteiger partial charge in [0.05, 0.1) is 18.1 Å². The van der Waals surface area contributed by atoms with E-state index in [0.717, 1.165) is 11.0 Å². The van der Waals surface area contributed by atoms with Crippen molar-refractivity contribution in [2.45, 2.75) is 6.92 Å². The van der Waals surface area contributed by atoms with Gasteiger partial charge in [0.1, 0.15) is 11.6 Å². The van der Waals surface area contributed by atoms with E-state index >= 15 is 0 Å². The van der Waals surface area contributed by atoms with Gasteiger partial charge in [-0.2, -0.15) is 14.4 Å². The number of nitrogen functional groups attached to an aromatic ring is 1. The van der Waals surface area contributed by atoms with Crippen LogP contribution in [-0.2, 0) is 0 Å². The topological polar surface area (TPSA) is 90.9 Å². The van der Waals surface area contributed by atoms with E-state index in [1.54, 1.807) is 35.9 Å². The molecule has 2 aromatic heterocycles. The quantitative estimate of drug-likeness (QED) is 0.575. The van der Waals surface area contributed by atoms with Crippen molar-refractivity contribution < 1.29 is 9.13 Å². The summed E-state index contributed by atoms with van der Waals surface area (Å²) in [6, 6.07) is 14.7. The third-order valence-corrected chi connectivity index (χ3v) is 4.13. The predicted molar refractivity (Wildman–Crippen MR) is 102 cm³/mol. The van der Waals surface area contributed by atoms with E-state index in [4.69, 9.17) is 10.5 Å². The minimum atomic E-state index is -0.719. The van der Waals surface area contributed by atoms with Crippen LogP contribution in [0.25, 0.3) is 17.0 Å². The molecule has 0 bridgehead atoms. The summed E-state index contributed by atoms with van der Waals surface area (Å²) in [5, 5.41) is 2.94. The minimum Gasteiger partial charge on any atom is -0.497 e. The smallest absolute Gasteiger partial charge is 0.239 e. The molecule has 4 aromatic rings. The summed E-state index contributed by atoms with van der Waals surface area (Å²) < 4.78 is 21.5. The zero-order valence-corrected chi connectivity index (χ0v) is 14.8. The summed E-state index contributed by atoms with van der Waals surface area (Å²) >= 11 is 0. The summed E-state index contributed by atoms with van der Waals surface area (Å²) in [7, 11) is 1.56. The van der Waals surface area contributed by atoms with Crippen LogP contribution in [0.5, 0.6) is 5.75 Å². The first-order valence-electron chi connectivity index (χ1n) is 8.25. The molecule has 2 heterocycles. The Morgan fingerprint density at radius 1 is 1.07 bits per heavy atom. The molecule has 0 saturated heterocycles. The van der Waals surface area contributed by atoms with E-state index in [9.17, 15) is 4.39 Å². The standard InChI is InChI=1S/C19H17FN6O/c1-11-22-14-8-3-4-9-15(14)26(11)19-24-17(21)16(20)18(25-19)23-12-6-5-7-13(10-12)27-2/h3-10H,1-2H3,(H3,21,23,24,25). The molecule has 136 valence electrons. The van der Waals surface area contributed by atoms with Crippen LogP contribution >= 0.6 is 0 Å². The van der Waals surface area contributed by atoms with Crippen molar-refractivity contribution in [2.24, 2.45) is 0 Å². The second-order valence-electron chi connectivity index (χ2n) is 5.91. The number of aryl methyl sites for hydroxylation is 1. The highest BCUT2D eigenvalue weighted by Crippen LogP contribution is 2.26. The number of nitrogens with zero attached hydrogens (tertiary/aromatic N) is 4. The molecule has 0 spiro atoms. The van der Waals surface area contributed by atoms with Crippen LogP contribution in [0.15, 0.2) is 48.5 Å². The first-order chi connectivity index (χ1) is 13.1. The number of ether oxygens (including phenoxy) is 1. The van der Waals surface area contributed by atoms with Gasteiger partial charge in [0.2, 0.25) is 11.8 Å². The molecule has 0 fully saturated rings. The van der Waals surface area contributed by atoms with Gasteiger partial charge in [0, 0.05) is 11.8 Å². The van der Waals surface area contributed by atoms with Crippen LogP contribution in [0, 0.1) is 12.7 Å². The molecule has 3 N–H and O–H groups in total. The molecule has 0 amide bonds. The third kappa shape index (κ3) is 3.01. The monoisotopic (exact) mass is 364 g/mol. The SMILES string of the molecule is COc1cccc(Nc2nc(-n3c(C)nc4ccccc43)nc(N)c2F)c1. The van der Waals surface area contributed by atoms with Gasteiger partial charge in [-0.1, -0.05) is 18.2 Å². The molecule has 27 heavy (non-hydrogen) atoms. The molecule has 0 aliphatic heterocycles. The van der Waals surface area contributed by atoms with Crippen LogP contribution < -0.4 is 15.8 Å². The normalized spacial score (nSPS) is 10.9. The summed E-state index contributed by atoms with van der Waals surface area (Å²) in [5.41, 5.74) is 8.03. The lowest BCUT2D eigenvalue weighted by Gasteiger charge is -2.12. The average molecular weight is 364 g/mol. The molecule has 4 rings (SSSR count). The fourth-order valence-corrected chi connectivity index (χ4v) is 2.87. The molecule has 0 radical (unpaired) electrons. The Labute approximate surface area is 154 Å². The number of anilines is 3. The number of hydrogen-bond donors (Lipinski definition) is 2. The van der Waals surface area contributed by atoms with Gasteiger partial charge >= 0.3 is 0 Å². The number of hydrogen-bond acceptors (Lipinski definition) is 6. The molecule has 2 aromatic carbocycles. The lowest BCUT2D eigenvalue weighted by molar-refractivity contribution is 0.415. The average Bonchev–Trinajstić information content (AvgIpc) is 3.01. The zero-order chi connectivity index (χ0) is 19.0. The van der Waals surface area contributed by atoms with Crippen molar-refractivity contribution in [3.8, 4) is 11.7 Å². The zero-order valence-electron chi connectivity index (χ0n) is 14.8. The molecule has 0 saturated carbocycles. The number of nitrogens with one attached hydrogen (secondary N) is 1. The predicted octanol–water partition coefficient (Wildman–Crippen LogP) is 3.60. The van der Waals surface area contributed by atoms with Crippen molar-refractivity contribution in [1.82, 2.24) is 19.5 Å². The van der Waals surface area contributed by atoms with E-state index in [0.29, 0.717) is 17.3 Å². The van der Waals surface area contributed by atoms with Gasteiger partial charge in [-0.3, -0.25) is 4.57 Å². The van der Waals surface area contributed by atoms with E-state index in [2.05, 4.69) is 20.3 Å². The molecular weight excluding hydrogens is 347 g/mol. The number of nitrogens with two attached hydrogens (primary N) is 1. The summed E-state index contributed by atoms with van der Waals surface area (Å²) in [6.07, 6.45) is 0. The minimum absolute atomic E-state index is 0.0251. The largest absolute Gasteiger partial charge is 0.497 e. The number of para-hydroxylation sites is 2. The van der Waals surface area contributed by atoms with Crippen LogP contribution in [0.1, 0.15) is 5.82 Å². The Morgan fingerprint density at radius 2 is 1.89 bits per heavy atom. The highest BCUT2D eigenvalue weighted by molar-refractivity contribution is 5.77. The van der Waals surface area contributed by atoms with Gasteiger partial charge < -0.3 is 15.8 Å². The Kier molecular flexibility index (Phi) is 4.08. The van der Waals surface area contributed by atoms with Crippen LogP contribution in [0.2, 0.25) is 0 Å². The van der Waals surface area contributed by atoms with Crippen molar-refractivity contribution in [1.29, 1.82) is 0 Å². The van der Waals surface area contributed by atoms with Crippen LogP contribution in [0.4, 0.5) is 21.7 Å². The second kappa shape index (κ2) is 6.56. The molecule has 0 unspecified atom stereocenters. The third-order valence-electron chi connectivity index (χ3n) is 4.13. The number of fused-ring (bicyclic) bond motifs is 1. The Morgan fingerprint density at radius 3 is 2.70 bits per heavy atom. The molecule has 0 aliphatic rings. The van der Waals surface area contributed by atoms with Crippen LogP contribution in [-0.4, -0.2) is 26.6 Å². The van der Waals surface area contributed by atoms with Crippen molar-refractivity contribution in [3.63, 3.8) is 0 Å². The van der Waals surface area contributed by atoms with Gasteiger partial charge in [-0.25, -0.2) is 4.98 Å². The van der Waals surface area contributed by atoms with Gasteiger partial charge in [-0.05, 0) is 31.2 Å². The fraction of sp³-hybridized carbons (Fsp3) is 0.105. The van der Waals surface area contributed by atoms with Crippen molar-refractivity contribution >= 4 is 28.4 Å². The number of methoxy groups -OCH3 is 1. The maximum absolute atomic E-state index is 14.5. The van der Waals surface area contributed by atoms with E-state index in [1.807, 2.05) is 31.2 Å². The van der Waals surface area contributed by atoms with E-state index in [1.165, 1.54) is 0 Å². The Balaban J connectivity index is 1.82. The van der Waals surface area contributed by atoms with Gasteiger partial charge in [0.25, 0.3) is 0 Å². The second-order valence-corrected chi connectivity index (χ2v) is 5.91. The molecule has 0 aliphatic carbocycles. The number of aromatic nitrogens is 4. The number of halogens is 1. The number of rotatable bonds is 4. The van der Waals surface area contributed by atoms with E-state index < -0.39 is 5.82 Å². The molecular formula is C19H17FN6O. The van der Waals surface area contributed by atoms with Crippen molar-refractivity contribution in [2.75, 3.05) is 18.2 Å². The fourth-order valence-electron chi connectivity index (χ4n) is 2.87. The summed E-state index contributed by atoms with van der Waals surface area (Å²) in [5.74, 6) is 0.563. The van der Waals surface area contributed by atoms with Gasteiger partial charge in [0.15, 0.2) is 11.6 Å². The lowest BCUT2D eigenvalue weighted by atomic mass is 10.3. The first kappa shape index (κ1) is 16.8. The van der Waals surface area contributed by atoms with Crippen molar-refractivity contribution in [3.05, 3.63) is 60.2 Å². The van der Waals surface area contributed by atoms with E-state index in [-0.39, 0.29) is 17.6 Å². The first-order valence-corrected chi connectivity index (χ1v) is 8.25. The summed E-state index contributed by atoms with van der Waals surface area (Å²) in [6.45, 7) is 1.83. The molecule has 8 heteroatoms.